The van der Waals surface area contributed by atoms with Gasteiger partial charge in [0.1, 0.15) is 17.3 Å². The minimum Gasteiger partial charge on any atom is -0.391 e. The zero-order valence-corrected chi connectivity index (χ0v) is 19.5. The molecule has 4 saturated carbocycles. The monoisotopic (exact) mass is 467 g/mol. The fourth-order valence-electron chi connectivity index (χ4n) is 7.39. The molecule has 0 spiro atoms. The van der Waals surface area contributed by atoms with Gasteiger partial charge in [-0.05, 0) is 80.2 Å². The highest BCUT2D eigenvalue weighted by atomic mass is 35.5. The third-order valence-corrected chi connectivity index (χ3v) is 8.84. The lowest BCUT2D eigenvalue weighted by Gasteiger charge is -2.58. The zero-order valence-electron chi connectivity index (χ0n) is 18.7. The van der Waals surface area contributed by atoms with Crippen LogP contribution in [0, 0.1) is 23.2 Å². The molecule has 1 unspecified atom stereocenters. The Hall–Kier alpha value is -2.25. The normalized spacial score (nSPS) is 30.7. The number of aliphatic hydroxyl groups excluding tert-OH is 1. The van der Waals surface area contributed by atoms with E-state index in [2.05, 4.69) is 20.3 Å². The Morgan fingerprint density at radius 2 is 1.91 bits per heavy atom. The number of rotatable bonds is 5. The summed E-state index contributed by atoms with van der Waals surface area (Å²) in [5, 5.41) is 14.9. The number of nitrogens with one attached hydrogen (secondary N) is 1. The van der Waals surface area contributed by atoms with Crippen LogP contribution in [0.3, 0.4) is 0 Å². The molecule has 1 amide bonds. The van der Waals surface area contributed by atoms with Crippen molar-refractivity contribution in [2.24, 2.45) is 23.2 Å². The molecule has 7 nitrogen and oxygen atoms in total. The topological polar surface area (TPSA) is 91.2 Å². The van der Waals surface area contributed by atoms with Crippen LogP contribution in [0.4, 0.5) is 5.82 Å². The molecule has 7 rings (SSSR count). The molecule has 2 aromatic heterocycles. The first-order valence-corrected chi connectivity index (χ1v) is 12.5. The smallest absolute Gasteiger partial charge is 0.257 e. The summed E-state index contributed by atoms with van der Waals surface area (Å²) in [6, 6.07) is 3.42. The molecule has 2 N–H and O–H groups in total. The molecule has 33 heavy (non-hydrogen) atoms. The average Bonchev–Trinajstić information content (AvgIpc) is 2.81. The number of hydrogen-bond acceptors (Lipinski definition) is 6. The summed E-state index contributed by atoms with van der Waals surface area (Å²) >= 11 is 6.13. The van der Waals surface area contributed by atoms with Gasteiger partial charge in [-0.2, -0.15) is 0 Å². The van der Waals surface area contributed by atoms with Crippen molar-refractivity contribution in [3.05, 3.63) is 46.6 Å². The van der Waals surface area contributed by atoms with E-state index >= 15 is 0 Å². The first-order valence-electron chi connectivity index (χ1n) is 12.2. The lowest BCUT2D eigenvalue weighted by Crippen LogP contribution is -2.53. The van der Waals surface area contributed by atoms with Crippen LogP contribution in [0.2, 0.25) is 5.15 Å². The standard InChI is InChI=1S/C25H30ClN5O2/c26-22-19(2-1-4-27-22)24(33)31-5-3-18-20(13-31)29-14-30-23(18)28-12-21(32)25-9-15-6-16(10-25)8-17(7-15)11-25/h1-2,4,14-17,21,32H,3,5-13H2,(H,28,29,30). The highest BCUT2D eigenvalue weighted by Crippen LogP contribution is 2.61. The van der Waals surface area contributed by atoms with Crippen molar-refractivity contribution in [3.63, 3.8) is 0 Å². The summed E-state index contributed by atoms with van der Waals surface area (Å²) < 4.78 is 0. The lowest BCUT2D eigenvalue weighted by atomic mass is 9.48. The molecule has 1 aliphatic heterocycles. The molecule has 0 radical (unpaired) electrons. The molecule has 3 heterocycles. The number of carbonyl (C=O) groups is 1. The van der Waals surface area contributed by atoms with Crippen LogP contribution in [-0.2, 0) is 13.0 Å². The summed E-state index contributed by atoms with van der Waals surface area (Å²) in [7, 11) is 0. The molecule has 174 valence electrons. The molecule has 8 heteroatoms. The van der Waals surface area contributed by atoms with E-state index in [1.165, 1.54) is 38.5 Å². The number of nitrogens with zero attached hydrogens (tertiary/aromatic N) is 4. The molecule has 4 aliphatic carbocycles. The molecule has 4 bridgehead atoms. The van der Waals surface area contributed by atoms with Crippen molar-refractivity contribution in [1.82, 2.24) is 19.9 Å². The van der Waals surface area contributed by atoms with E-state index in [0.717, 1.165) is 34.8 Å². The summed E-state index contributed by atoms with van der Waals surface area (Å²) in [5.41, 5.74) is 2.38. The van der Waals surface area contributed by atoms with Crippen LogP contribution in [0.5, 0.6) is 0 Å². The SMILES string of the molecule is O=C(c1cccnc1Cl)N1CCc2c(ncnc2NCC(O)C23CC4CC(CC(C4)C2)C3)C1. The number of aromatic nitrogens is 3. The van der Waals surface area contributed by atoms with Crippen molar-refractivity contribution in [3.8, 4) is 0 Å². The van der Waals surface area contributed by atoms with Crippen LogP contribution in [0.25, 0.3) is 0 Å². The minimum absolute atomic E-state index is 0.0844. The van der Waals surface area contributed by atoms with E-state index in [1.807, 2.05) is 0 Å². The van der Waals surface area contributed by atoms with Gasteiger partial charge in [-0.1, -0.05) is 11.6 Å². The zero-order chi connectivity index (χ0) is 22.6. The molecule has 1 atom stereocenters. The first kappa shape index (κ1) is 21.3. The Labute approximate surface area is 199 Å². The lowest BCUT2D eigenvalue weighted by molar-refractivity contribution is -0.115. The molecular weight excluding hydrogens is 438 g/mol. The quantitative estimate of drug-likeness (QED) is 0.651. The summed E-state index contributed by atoms with van der Waals surface area (Å²) in [4.78, 5) is 27.7. The first-order chi connectivity index (χ1) is 16.0. The molecule has 4 fully saturated rings. The van der Waals surface area contributed by atoms with E-state index in [-0.39, 0.29) is 22.6 Å². The van der Waals surface area contributed by atoms with E-state index in [1.54, 1.807) is 29.6 Å². The third-order valence-electron chi connectivity index (χ3n) is 8.54. The minimum atomic E-state index is -0.356. The van der Waals surface area contributed by atoms with Gasteiger partial charge in [0, 0.05) is 24.8 Å². The molecular formula is C25H30ClN5O2. The molecule has 5 aliphatic rings. The van der Waals surface area contributed by atoms with Gasteiger partial charge in [0.05, 0.1) is 23.9 Å². The number of halogens is 1. The van der Waals surface area contributed by atoms with E-state index in [0.29, 0.717) is 31.6 Å². The highest BCUT2D eigenvalue weighted by molar-refractivity contribution is 6.32. The fourth-order valence-corrected chi connectivity index (χ4v) is 7.59. The fraction of sp³-hybridized carbons (Fsp3) is 0.600. The van der Waals surface area contributed by atoms with Crippen LogP contribution >= 0.6 is 11.6 Å². The van der Waals surface area contributed by atoms with Crippen LogP contribution in [0.15, 0.2) is 24.7 Å². The molecule has 0 aromatic carbocycles. The number of fused-ring (bicyclic) bond motifs is 1. The van der Waals surface area contributed by atoms with Crippen molar-refractivity contribution in [2.75, 3.05) is 18.4 Å². The van der Waals surface area contributed by atoms with Gasteiger partial charge in [-0.3, -0.25) is 4.79 Å². The van der Waals surface area contributed by atoms with E-state index in [4.69, 9.17) is 11.6 Å². The Balaban J connectivity index is 1.14. The second-order valence-electron chi connectivity index (χ2n) is 10.6. The molecule has 0 saturated heterocycles. The number of pyridine rings is 1. The predicted molar refractivity (Wildman–Crippen MR) is 125 cm³/mol. The Morgan fingerprint density at radius 1 is 1.18 bits per heavy atom. The van der Waals surface area contributed by atoms with E-state index in [9.17, 15) is 9.90 Å². The number of anilines is 1. The second-order valence-corrected chi connectivity index (χ2v) is 11.0. The third kappa shape index (κ3) is 3.79. The maximum absolute atomic E-state index is 12.9. The van der Waals surface area contributed by atoms with Crippen molar-refractivity contribution < 1.29 is 9.90 Å². The molecule has 2 aromatic rings. The highest BCUT2D eigenvalue weighted by Gasteiger charge is 2.53. The summed E-state index contributed by atoms with van der Waals surface area (Å²) in [5.74, 6) is 3.10. The Kier molecular flexibility index (Phi) is 5.29. The Morgan fingerprint density at radius 3 is 2.61 bits per heavy atom. The predicted octanol–water partition coefficient (Wildman–Crippen LogP) is 3.71. The Bertz CT molecular complexity index is 1040. The van der Waals surface area contributed by atoms with Gasteiger partial charge in [-0.15, -0.1) is 0 Å². The van der Waals surface area contributed by atoms with Gasteiger partial charge in [0.25, 0.3) is 5.91 Å². The van der Waals surface area contributed by atoms with E-state index < -0.39 is 0 Å². The van der Waals surface area contributed by atoms with Gasteiger partial charge in [-0.25, -0.2) is 15.0 Å². The van der Waals surface area contributed by atoms with Crippen molar-refractivity contribution in [1.29, 1.82) is 0 Å². The summed E-state index contributed by atoms with van der Waals surface area (Å²) in [6.45, 7) is 1.49. The van der Waals surface area contributed by atoms with Gasteiger partial charge >= 0.3 is 0 Å². The number of carbonyl (C=O) groups excluding carboxylic acids is 1. The maximum Gasteiger partial charge on any atom is 0.257 e. The van der Waals surface area contributed by atoms with Crippen LogP contribution in [0.1, 0.15) is 60.1 Å². The van der Waals surface area contributed by atoms with Gasteiger partial charge in [0.2, 0.25) is 0 Å². The largest absolute Gasteiger partial charge is 0.391 e. The van der Waals surface area contributed by atoms with Gasteiger partial charge < -0.3 is 15.3 Å². The van der Waals surface area contributed by atoms with Gasteiger partial charge in [0.15, 0.2) is 0 Å². The summed E-state index contributed by atoms with van der Waals surface area (Å²) in [6.07, 6.45) is 11.1. The van der Waals surface area contributed by atoms with Crippen LogP contribution < -0.4 is 5.32 Å². The number of hydrogen-bond donors (Lipinski definition) is 2. The second kappa shape index (κ2) is 8.20. The van der Waals surface area contributed by atoms with Crippen LogP contribution in [-0.4, -0.2) is 50.1 Å². The average molecular weight is 468 g/mol. The number of amides is 1. The van der Waals surface area contributed by atoms with Crippen molar-refractivity contribution >= 4 is 23.3 Å². The maximum atomic E-state index is 12.9. The number of aliphatic hydroxyl groups is 1. The van der Waals surface area contributed by atoms with Crippen molar-refractivity contribution in [2.45, 2.75) is 57.6 Å².